The quantitative estimate of drug-likeness (QED) is 0.578. The van der Waals surface area contributed by atoms with Gasteiger partial charge in [-0.1, -0.05) is 0 Å². The van der Waals surface area contributed by atoms with Crippen molar-refractivity contribution in [2.75, 3.05) is 24.2 Å². The molecule has 0 saturated carbocycles. The van der Waals surface area contributed by atoms with Crippen LogP contribution in [0, 0.1) is 0 Å². The summed E-state index contributed by atoms with van der Waals surface area (Å²) >= 11 is 0. The summed E-state index contributed by atoms with van der Waals surface area (Å²) in [5.74, 6) is 0.722. The van der Waals surface area contributed by atoms with E-state index in [1.165, 1.54) is 0 Å². The first kappa shape index (κ1) is 14.6. The number of rotatable bonds is 7. The number of hydrogen-bond donors (Lipinski definition) is 2. The first-order valence-corrected chi connectivity index (χ1v) is 6.40. The van der Waals surface area contributed by atoms with Crippen LogP contribution in [0.15, 0.2) is 18.2 Å². The maximum absolute atomic E-state index is 5.85. The third-order valence-corrected chi connectivity index (χ3v) is 2.26. The lowest BCUT2D eigenvalue weighted by Crippen LogP contribution is -2.13. The number of anilines is 2. The van der Waals surface area contributed by atoms with Gasteiger partial charge in [0.1, 0.15) is 5.75 Å². The van der Waals surface area contributed by atoms with Gasteiger partial charge in [-0.3, -0.25) is 0 Å². The average molecular weight is 252 g/mol. The summed E-state index contributed by atoms with van der Waals surface area (Å²) in [7, 11) is 0. The molecule has 0 fully saturated rings. The minimum absolute atomic E-state index is 0.117. The lowest BCUT2D eigenvalue weighted by molar-refractivity contribution is 0.0870. The number of nitrogens with one attached hydrogen (secondary N) is 1. The topological polar surface area (TPSA) is 56.5 Å². The minimum Gasteiger partial charge on any atom is -0.489 e. The largest absolute Gasteiger partial charge is 0.489 e. The first-order chi connectivity index (χ1) is 8.49. The van der Waals surface area contributed by atoms with E-state index in [1.807, 2.05) is 45.9 Å². The molecule has 4 heteroatoms. The molecule has 3 N–H and O–H groups in total. The molecule has 1 rings (SSSR count). The Morgan fingerprint density at radius 2 is 1.89 bits per heavy atom. The van der Waals surface area contributed by atoms with Crippen LogP contribution in [0.1, 0.15) is 27.7 Å². The molecular weight excluding hydrogens is 228 g/mol. The van der Waals surface area contributed by atoms with Crippen molar-refractivity contribution in [1.29, 1.82) is 0 Å². The van der Waals surface area contributed by atoms with Crippen molar-refractivity contribution in [2.45, 2.75) is 39.9 Å². The molecule has 0 aromatic heterocycles. The molecule has 1 aromatic rings. The highest BCUT2D eigenvalue weighted by Gasteiger charge is 2.04. The number of benzene rings is 1. The molecule has 0 amide bonds. The Bertz CT molecular complexity index is 365. The van der Waals surface area contributed by atoms with Gasteiger partial charge in [0.2, 0.25) is 0 Å². The predicted octanol–water partition coefficient (Wildman–Crippen LogP) is 2.89. The zero-order valence-corrected chi connectivity index (χ0v) is 11.7. The summed E-state index contributed by atoms with van der Waals surface area (Å²) in [6.07, 6.45) is 0.380. The Hall–Kier alpha value is -1.42. The highest BCUT2D eigenvalue weighted by atomic mass is 16.5. The van der Waals surface area contributed by atoms with Crippen molar-refractivity contribution in [3.8, 4) is 5.75 Å². The molecule has 1 aromatic carbocycles. The predicted molar refractivity (Wildman–Crippen MR) is 76.2 cm³/mol. The van der Waals surface area contributed by atoms with Gasteiger partial charge in [0.25, 0.3) is 0 Å². The lowest BCUT2D eigenvalue weighted by atomic mass is 10.2. The van der Waals surface area contributed by atoms with E-state index >= 15 is 0 Å². The van der Waals surface area contributed by atoms with E-state index in [2.05, 4.69) is 5.32 Å². The van der Waals surface area contributed by atoms with E-state index in [1.54, 1.807) is 0 Å². The van der Waals surface area contributed by atoms with Crippen molar-refractivity contribution in [2.24, 2.45) is 0 Å². The van der Waals surface area contributed by atoms with Crippen molar-refractivity contribution in [3.05, 3.63) is 18.2 Å². The smallest absolute Gasteiger partial charge is 0.144 e. The Morgan fingerprint density at radius 3 is 2.50 bits per heavy atom. The molecule has 0 aliphatic carbocycles. The van der Waals surface area contributed by atoms with E-state index in [0.29, 0.717) is 12.3 Å². The van der Waals surface area contributed by atoms with Gasteiger partial charge in [-0.15, -0.1) is 0 Å². The van der Waals surface area contributed by atoms with E-state index in [-0.39, 0.29) is 12.2 Å². The molecule has 0 radical (unpaired) electrons. The van der Waals surface area contributed by atoms with Crippen molar-refractivity contribution in [1.82, 2.24) is 0 Å². The lowest BCUT2D eigenvalue weighted by Gasteiger charge is -2.14. The SMILES string of the molecule is CC(C)OCCNc1ccc(N)c(OC(C)C)c1. The normalized spacial score (nSPS) is 11.0. The van der Waals surface area contributed by atoms with Crippen LogP contribution in [-0.2, 0) is 4.74 Å². The Kier molecular flexibility index (Phi) is 5.78. The molecular formula is C14H24N2O2. The van der Waals surface area contributed by atoms with Gasteiger partial charge >= 0.3 is 0 Å². The van der Waals surface area contributed by atoms with Crippen molar-refractivity contribution >= 4 is 11.4 Å². The second-order valence-electron chi connectivity index (χ2n) is 4.77. The fraction of sp³-hybridized carbons (Fsp3) is 0.571. The fourth-order valence-corrected chi connectivity index (χ4v) is 1.49. The van der Waals surface area contributed by atoms with Crippen LogP contribution in [0.2, 0.25) is 0 Å². The Labute approximate surface area is 109 Å². The van der Waals surface area contributed by atoms with Crippen LogP contribution in [0.4, 0.5) is 11.4 Å². The average Bonchev–Trinajstić information content (AvgIpc) is 2.27. The molecule has 0 spiro atoms. The summed E-state index contributed by atoms with van der Waals surface area (Å²) < 4.78 is 11.1. The van der Waals surface area contributed by atoms with E-state index < -0.39 is 0 Å². The molecule has 0 bridgehead atoms. The second-order valence-corrected chi connectivity index (χ2v) is 4.77. The van der Waals surface area contributed by atoms with Gasteiger partial charge in [0, 0.05) is 18.3 Å². The monoisotopic (exact) mass is 252 g/mol. The molecule has 0 saturated heterocycles. The maximum atomic E-state index is 5.85. The molecule has 0 unspecified atom stereocenters. The van der Waals surface area contributed by atoms with E-state index in [9.17, 15) is 0 Å². The molecule has 0 atom stereocenters. The van der Waals surface area contributed by atoms with Crippen LogP contribution >= 0.6 is 0 Å². The summed E-state index contributed by atoms with van der Waals surface area (Å²) in [6, 6.07) is 5.71. The van der Waals surface area contributed by atoms with Crippen LogP contribution in [-0.4, -0.2) is 25.4 Å². The standard InChI is InChI=1S/C14H24N2O2/c1-10(2)17-8-7-16-12-5-6-13(15)14(9-12)18-11(3)4/h5-6,9-11,16H,7-8,15H2,1-4H3. The third kappa shape index (κ3) is 5.27. The molecule has 102 valence electrons. The minimum atomic E-state index is 0.117. The number of hydrogen-bond acceptors (Lipinski definition) is 4. The summed E-state index contributed by atoms with van der Waals surface area (Å²) in [5.41, 5.74) is 7.51. The number of nitrogen functional groups attached to an aromatic ring is 1. The van der Waals surface area contributed by atoms with Gasteiger partial charge in [-0.05, 0) is 39.8 Å². The number of nitrogens with two attached hydrogens (primary N) is 1. The van der Waals surface area contributed by atoms with Crippen LogP contribution in [0.25, 0.3) is 0 Å². The first-order valence-electron chi connectivity index (χ1n) is 6.40. The summed E-state index contributed by atoms with van der Waals surface area (Å²) in [4.78, 5) is 0. The Morgan fingerprint density at radius 1 is 1.17 bits per heavy atom. The maximum Gasteiger partial charge on any atom is 0.144 e. The van der Waals surface area contributed by atoms with Gasteiger partial charge in [-0.25, -0.2) is 0 Å². The van der Waals surface area contributed by atoms with Crippen LogP contribution in [0.3, 0.4) is 0 Å². The van der Waals surface area contributed by atoms with E-state index in [4.69, 9.17) is 15.2 Å². The van der Waals surface area contributed by atoms with Gasteiger partial charge in [-0.2, -0.15) is 0 Å². The highest BCUT2D eigenvalue weighted by Crippen LogP contribution is 2.26. The molecule has 4 nitrogen and oxygen atoms in total. The third-order valence-electron chi connectivity index (χ3n) is 2.26. The zero-order valence-electron chi connectivity index (χ0n) is 11.7. The number of ether oxygens (including phenoxy) is 2. The van der Waals surface area contributed by atoms with Crippen LogP contribution in [0.5, 0.6) is 5.75 Å². The molecule has 18 heavy (non-hydrogen) atoms. The van der Waals surface area contributed by atoms with Gasteiger partial charge in [0.15, 0.2) is 0 Å². The van der Waals surface area contributed by atoms with Crippen molar-refractivity contribution in [3.63, 3.8) is 0 Å². The Balaban J connectivity index is 2.51. The van der Waals surface area contributed by atoms with Gasteiger partial charge < -0.3 is 20.5 Å². The summed E-state index contributed by atoms with van der Waals surface area (Å²) in [5, 5.41) is 3.28. The van der Waals surface area contributed by atoms with Crippen molar-refractivity contribution < 1.29 is 9.47 Å². The molecule has 0 heterocycles. The summed E-state index contributed by atoms with van der Waals surface area (Å²) in [6.45, 7) is 9.47. The molecule has 0 aliphatic rings. The highest BCUT2D eigenvalue weighted by molar-refractivity contribution is 5.61. The fourth-order valence-electron chi connectivity index (χ4n) is 1.49. The zero-order chi connectivity index (χ0) is 13.5. The van der Waals surface area contributed by atoms with E-state index in [0.717, 1.165) is 18.0 Å². The van der Waals surface area contributed by atoms with Crippen LogP contribution < -0.4 is 15.8 Å². The van der Waals surface area contributed by atoms with Gasteiger partial charge in [0.05, 0.1) is 24.5 Å². The molecule has 0 aliphatic heterocycles. The second kappa shape index (κ2) is 7.11.